The van der Waals surface area contributed by atoms with Crippen LogP contribution < -0.4 is 10.2 Å². The van der Waals surface area contributed by atoms with Gasteiger partial charge in [0, 0.05) is 17.9 Å². The molecule has 2 amide bonds. The highest BCUT2D eigenvalue weighted by molar-refractivity contribution is 6.30. The number of fused-ring (bicyclic) bond motifs is 1. The third-order valence-electron chi connectivity index (χ3n) is 5.39. The highest BCUT2D eigenvalue weighted by Crippen LogP contribution is 2.39. The third-order valence-corrected chi connectivity index (χ3v) is 5.64. The molecule has 2 aromatic carbocycles. The van der Waals surface area contributed by atoms with Crippen molar-refractivity contribution in [3.8, 4) is 0 Å². The normalized spacial score (nSPS) is 21.2. The molecule has 0 bridgehead atoms. The van der Waals surface area contributed by atoms with E-state index < -0.39 is 0 Å². The predicted molar refractivity (Wildman–Crippen MR) is 109 cm³/mol. The number of anilines is 2. The minimum absolute atomic E-state index is 0.0198. The van der Waals surface area contributed by atoms with Crippen molar-refractivity contribution >= 4 is 35.3 Å². The van der Waals surface area contributed by atoms with E-state index in [4.69, 9.17) is 11.6 Å². The molecule has 2 aliphatic rings. The molecule has 8 heteroatoms. The molecule has 5 rings (SSSR count). The van der Waals surface area contributed by atoms with Crippen LogP contribution >= 0.6 is 11.6 Å². The quantitative estimate of drug-likeness (QED) is 0.669. The number of nitrogens with one attached hydrogen (secondary N) is 1. The Morgan fingerprint density at radius 1 is 0.931 bits per heavy atom. The Morgan fingerprint density at radius 2 is 1.62 bits per heavy atom. The number of nitrogens with zero attached hydrogens (tertiary/aromatic N) is 4. The van der Waals surface area contributed by atoms with Gasteiger partial charge in [0.05, 0.1) is 12.1 Å². The molecule has 0 saturated carbocycles. The molecule has 0 aliphatic carbocycles. The van der Waals surface area contributed by atoms with Gasteiger partial charge in [-0.1, -0.05) is 54.1 Å². The van der Waals surface area contributed by atoms with E-state index in [2.05, 4.69) is 27.5 Å². The van der Waals surface area contributed by atoms with Crippen LogP contribution in [0.4, 0.5) is 11.9 Å². The maximum absolute atomic E-state index is 12.2. The van der Waals surface area contributed by atoms with Gasteiger partial charge in [0.2, 0.25) is 17.8 Å². The molecule has 1 saturated heterocycles. The predicted octanol–water partition coefficient (Wildman–Crippen LogP) is 3.73. The number of imide groups is 1. The van der Waals surface area contributed by atoms with Crippen molar-refractivity contribution in [2.45, 2.75) is 31.3 Å². The second-order valence-electron chi connectivity index (χ2n) is 7.21. The highest BCUT2D eigenvalue weighted by Gasteiger charge is 2.37. The number of carbonyl (C=O) groups is 2. The molecule has 146 valence electrons. The summed E-state index contributed by atoms with van der Waals surface area (Å²) in [5, 5.41) is 8.61. The van der Waals surface area contributed by atoms with E-state index in [1.165, 1.54) is 0 Å². The summed E-state index contributed by atoms with van der Waals surface area (Å²) in [4.78, 5) is 29.9. The van der Waals surface area contributed by atoms with Gasteiger partial charge >= 0.3 is 0 Å². The van der Waals surface area contributed by atoms with Crippen LogP contribution in [0.1, 0.15) is 42.5 Å². The second-order valence-corrected chi connectivity index (χ2v) is 7.65. The number of aromatic nitrogens is 3. The Morgan fingerprint density at radius 3 is 2.31 bits per heavy atom. The lowest BCUT2D eigenvalue weighted by Crippen LogP contribution is -2.30. The van der Waals surface area contributed by atoms with Gasteiger partial charge < -0.3 is 5.32 Å². The molecule has 3 aromatic rings. The van der Waals surface area contributed by atoms with Crippen molar-refractivity contribution in [1.82, 2.24) is 14.8 Å². The number of amides is 2. The van der Waals surface area contributed by atoms with Gasteiger partial charge in [-0.05, 0) is 29.7 Å². The average molecular weight is 408 g/mol. The fourth-order valence-corrected chi connectivity index (χ4v) is 4.05. The summed E-state index contributed by atoms with van der Waals surface area (Å²) < 4.78 is 1.76. The van der Waals surface area contributed by atoms with Crippen molar-refractivity contribution in [3.63, 3.8) is 0 Å². The van der Waals surface area contributed by atoms with Crippen molar-refractivity contribution in [2.75, 3.05) is 10.2 Å². The van der Waals surface area contributed by atoms with E-state index >= 15 is 0 Å². The number of halogens is 1. The topological polar surface area (TPSA) is 80.1 Å². The van der Waals surface area contributed by atoms with Crippen molar-refractivity contribution in [3.05, 3.63) is 70.7 Å². The van der Waals surface area contributed by atoms with Crippen LogP contribution in [0.25, 0.3) is 0 Å². The fraction of sp³-hybridized carbons (Fsp3) is 0.238. The van der Waals surface area contributed by atoms with Crippen molar-refractivity contribution < 1.29 is 9.59 Å². The molecule has 29 heavy (non-hydrogen) atoms. The molecule has 3 heterocycles. The van der Waals surface area contributed by atoms with Gasteiger partial charge in [0.1, 0.15) is 0 Å². The summed E-state index contributed by atoms with van der Waals surface area (Å²) in [6.45, 7) is 0. The van der Waals surface area contributed by atoms with Crippen LogP contribution in [0.3, 0.4) is 0 Å². The first kappa shape index (κ1) is 17.9. The molecule has 1 aromatic heterocycles. The lowest BCUT2D eigenvalue weighted by Gasteiger charge is -2.31. The molecule has 0 spiro atoms. The van der Waals surface area contributed by atoms with Crippen LogP contribution in [-0.2, 0) is 9.59 Å². The van der Waals surface area contributed by atoms with E-state index in [0.717, 1.165) is 22.4 Å². The van der Waals surface area contributed by atoms with Crippen LogP contribution in [0.5, 0.6) is 0 Å². The first-order chi connectivity index (χ1) is 14.1. The molecule has 2 atom stereocenters. The molecular weight excluding hydrogens is 390 g/mol. The van der Waals surface area contributed by atoms with E-state index in [-0.39, 0.29) is 42.7 Å². The number of carbonyl (C=O) groups excluding carboxylic acids is 2. The lowest BCUT2D eigenvalue weighted by molar-refractivity contribution is -0.121. The van der Waals surface area contributed by atoms with Crippen LogP contribution in [0.15, 0.2) is 54.6 Å². The minimum Gasteiger partial charge on any atom is -0.347 e. The first-order valence-electron chi connectivity index (χ1n) is 9.49. The van der Waals surface area contributed by atoms with Gasteiger partial charge in [-0.2, -0.15) is 4.98 Å². The van der Waals surface area contributed by atoms with Gasteiger partial charge in [-0.15, -0.1) is 5.10 Å². The largest absolute Gasteiger partial charge is 0.347 e. The lowest BCUT2D eigenvalue weighted by atomic mass is 9.93. The Bertz CT molecular complexity index is 1060. The average Bonchev–Trinajstić information content (AvgIpc) is 3.30. The number of hydrogen-bond donors (Lipinski definition) is 1. The number of rotatable bonds is 3. The van der Waals surface area contributed by atoms with Crippen molar-refractivity contribution in [1.29, 1.82) is 0 Å². The standard InChI is InChI=1S/C21H18ClN5O2/c22-15-8-6-14(7-9-15)17-12-16(13-4-2-1-3-5-13)23-20-24-21(25-27(17)20)26-18(28)10-11-19(26)29/h1-9,16-17H,10-12H2,(H,23,24,25)/t16-,17-/m0/s1. The third kappa shape index (κ3) is 3.17. The Balaban J connectivity index is 1.58. The summed E-state index contributed by atoms with van der Waals surface area (Å²) in [6.07, 6.45) is 1.14. The van der Waals surface area contributed by atoms with E-state index in [1.807, 2.05) is 42.5 Å². The molecule has 0 unspecified atom stereocenters. The Hall–Kier alpha value is -3.19. The van der Waals surface area contributed by atoms with Gasteiger partial charge in [-0.3, -0.25) is 9.59 Å². The van der Waals surface area contributed by atoms with E-state index in [9.17, 15) is 9.59 Å². The molecule has 1 N–H and O–H groups in total. The summed E-state index contributed by atoms with van der Waals surface area (Å²) >= 11 is 6.07. The zero-order chi connectivity index (χ0) is 20.0. The maximum Gasteiger partial charge on any atom is 0.260 e. The van der Waals surface area contributed by atoms with Crippen LogP contribution in [0.2, 0.25) is 5.02 Å². The SMILES string of the molecule is O=C1CCC(=O)N1c1nc2n(n1)[C@H](c1ccc(Cl)cc1)C[C@@H](c1ccccc1)N2. The van der Waals surface area contributed by atoms with Crippen LogP contribution in [-0.4, -0.2) is 26.6 Å². The van der Waals surface area contributed by atoms with Crippen LogP contribution in [0, 0.1) is 0 Å². The smallest absolute Gasteiger partial charge is 0.260 e. The molecule has 1 fully saturated rings. The molecule has 0 radical (unpaired) electrons. The van der Waals surface area contributed by atoms with Gasteiger partial charge in [0.15, 0.2) is 0 Å². The molecular formula is C21H18ClN5O2. The highest BCUT2D eigenvalue weighted by atomic mass is 35.5. The summed E-state index contributed by atoms with van der Waals surface area (Å²) in [6, 6.07) is 17.7. The fourth-order valence-electron chi connectivity index (χ4n) is 3.93. The molecule has 7 nitrogen and oxygen atoms in total. The molecule has 2 aliphatic heterocycles. The zero-order valence-electron chi connectivity index (χ0n) is 15.5. The first-order valence-corrected chi connectivity index (χ1v) is 9.87. The Labute approximate surface area is 172 Å². The summed E-state index contributed by atoms with van der Waals surface area (Å²) in [5.41, 5.74) is 2.17. The van der Waals surface area contributed by atoms with Crippen molar-refractivity contribution in [2.24, 2.45) is 0 Å². The van der Waals surface area contributed by atoms with E-state index in [1.54, 1.807) is 4.68 Å². The summed E-state index contributed by atoms with van der Waals surface area (Å²) in [7, 11) is 0. The minimum atomic E-state index is -0.263. The number of benzene rings is 2. The number of hydrogen-bond acceptors (Lipinski definition) is 5. The Kier molecular flexibility index (Phi) is 4.32. The monoisotopic (exact) mass is 407 g/mol. The van der Waals surface area contributed by atoms with Gasteiger partial charge in [-0.25, -0.2) is 9.58 Å². The zero-order valence-corrected chi connectivity index (χ0v) is 16.2. The van der Waals surface area contributed by atoms with Gasteiger partial charge in [0.25, 0.3) is 5.95 Å². The second kappa shape index (κ2) is 7.00. The summed E-state index contributed by atoms with van der Waals surface area (Å²) in [5.74, 6) is 0.140. The maximum atomic E-state index is 12.2. The van der Waals surface area contributed by atoms with E-state index in [0.29, 0.717) is 11.0 Å².